The maximum absolute atomic E-state index is 12.8. The van der Waals surface area contributed by atoms with Crippen LogP contribution in [0.1, 0.15) is 64.9 Å². The van der Waals surface area contributed by atoms with Crippen molar-refractivity contribution in [2.45, 2.75) is 77.0 Å². The minimum absolute atomic E-state index is 0.0677. The molecule has 4 atom stereocenters. The summed E-state index contributed by atoms with van der Waals surface area (Å²) in [7, 11) is 0. The van der Waals surface area contributed by atoms with Crippen LogP contribution >= 0.6 is 0 Å². The van der Waals surface area contributed by atoms with Crippen molar-refractivity contribution < 1.29 is 49.0 Å². The van der Waals surface area contributed by atoms with Crippen LogP contribution < -0.4 is 10.6 Å². The van der Waals surface area contributed by atoms with Crippen LogP contribution in [-0.4, -0.2) is 88.9 Å². The number of hydrogen-bond donors (Lipinski definition) is 8. The number of aliphatic hydroxyl groups is 4. The van der Waals surface area contributed by atoms with Gasteiger partial charge in [-0.15, -0.1) is 0 Å². The predicted molar refractivity (Wildman–Crippen MR) is 141 cm³/mol. The molecule has 0 aliphatic heterocycles. The third-order valence-corrected chi connectivity index (χ3v) is 4.68. The number of nitrogens with one attached hydrogen (secondary N) is 2. The van der Waals surface area contributed by atoms with Crippen LogP contribution in [0.5, 0.6) is 0 Å². The third kappa shape index (κ3) is 16.7. The van der Waals surface area contributed by atoms with Crippen molar-refractivity contribution in [3.05, 3.63) is 59.7 Å². The average Bonchev–Trinajstić information content (AvgIpc) is 2.84. The van der Waals surface area contributed by atoms with Gasteiger partial charge < -0.3 is 41.3 Å². The molecule has 0 radical (unpaired) electrons. The summed E-state index contributed by atoms with van der Waals surface area (Å²) in [6, 6.07) is 2.59. The molecule has 40 heavy (non-hydrogen) atoms. The molecule has 0 saturated heterocycles. The molecule has 12 nitrogen and oxygen atoms in total. The van der Waals surface area contributed by atoms with Gasteiger partial charge in [-0.05, 0) is 53.7 Å². The van der Waals surface area contributed by atoms with Crippen molar-refractivity contribution >= 4 is 11.9 Å². The monoisotopic (exact) mass is 574 g/mol. The number of hydrogen-bond acceptors (Lipinski definition) is 10. The second kappa shape index (κ2) is 16.8. The Labute approximate surface area is 231 Å². The SMILES string of the molecule is CC(C)(C)NCC(O)c1cncc(F)c1.CC(C)(C)NCC(O)c1cncc(F)c1.O=C(O)C(O)C(O)C(=O)O. The molecule has 2 heterocycles. The van der Waals surface area contributed by atoms with Crippen LogP contribution in [0, 0.1) is 11.6 Å². The Morgan fingerprint density at radius 2 is 1.00 bits per heavy atom. The Bertz CT molecular complexity index is 980. The first kappa shape index (κ1) is 36.9. The Kier molecular flexibility index (Phi) is 15.5. The van der Waals surface area contributed by atoms with Crippen LogP contribution in [0.4, 0.5) is 8.78 Å². The highest BCUT2D eigenvalue weighted by molar-refractivity contribution is 5.83. The third-order valence-electron chi connectivity index (χ3n) is 4.68. The van der Waals surface area contributed by atoms with Crippen molar-refractivity contribution in [2.75, 3.05) is 13.1 Å². The number of carboxylic acids is 2. The van der Waals surface area contributed by atoms with E-state index in [9.17, 15) is 28.6 Å². The zero-order valence-corrected chi connectivity index (χ0v) is 23.3. The van der Waals surface area contributed by atoms with Crippen molar-refractivity contribution in [1.82, 2.24) is 20.6 Å². The molecule has 0 amide bonds. The summed E-state index contributed by atoms with van der Waals surface area (Å²) in [5.74, 6) is -4.39. The minimum Gasteiger partial charge on any atom is -0.479 e. The summed E-state index contributed by atoms with van der Waals surface area (Å²) in [4.78, 5) is 26.9. The van der Waals surface area contributed by atoms with Crippen LogP contribution in [0.2, 0.25) is 0 Å². The Morgan fingerprint density at radius 3 is 1.23 bits per heavy atom. The van der Waals surface area contributed by atoms with Crippen LogP contribution in [0.25, 0.3) is 0 Å². The lowest BCUT2D eigenvalue weighted by atomic mass is 10.1. The van der Waals surface area contributed by atoms with E-state index in [-0.39, 0.29) is 11.1 Å². The first-order chi connectivity index (χ1) is 18.2. The van der Waals surface area contributed by atoms with Crippen molar-refractivity contribution in [3.63, 3.8) is 0 Å². The predicted octanol–water partition coefficient (Wildman–Crippen LogP) is 1.16. The smallest absolute Gasteiger partial charge is 0.335 e. The zero-order valence-electron chi connectivity index (χ0n) is 23.3. The van der Waals surface area contributed by atoms with E-state index in [4.69, 9.17) is 20.4 Å². The van der Waals surface area contributed by atoms with Gasteiger partial charge in [0.1, 0.15) is 11.6 Å². The normalized spacial score (nSPS) is 14.4. The number of aromatic nitrogens is 2. The van der Waals surface area contributed by atoms with E-state index in [1.54, 1.807) is 0 Å². The van der Waals surface area contributed by atoms with Crippen LogP contribution in [0.15, 0.2) is 36.9 Å². The molecule has 14 heteroatoms. The van der Waals surface area contributed by atoms with Gasteiger partial charge in [-0.3, -0.25) is 9.97 Å². The number of carboxylic acid groups (broad SMARTS) is 2. The molecule has 0 aromatic carbocycles. The van der Waals surface area contributed by atoms with Gasteiger partial charge in [-0.25, -0.2) is 18.4 Å². The number of pyridine rings is 2. The van der Waals surface area contributed by atoms with E-state index in [0.717, 1.165) is 12.4 Å². The van der Waals surface area contributed by atoms with E-state index in [1.807, 2.05) is 41.5 Å². The molecule has 2 aromatic rings. The lowest BCUT2D eigenvalue weighted by molar-refractivity contribution is -0.165. The van der Waals surface area contributed by atoms with Crippen molar-refractivity contribution in [1.29, 1.82) is 0 Å². The van der Waals surface area contributed by atoms with Gasteiger partial charge in [-0.1, -0.05) is 0 Å². The molecule has 0 aliphatic carbocycles. The standard InChI is InChI=1S/2C11H17FN2O.C4H6O6/c2*1-11(2,3)14-7-10(15)8-4-9(12)6-13-5-8;5-1(3(7)8)2(6)4(9)10/h2*4-6,10,14-15H,7H2,1-3H3;1-2,5-6H,(H,7,8)(H,9,10). The molecule has 0 bridgehead atoms. The summed E-state index contributed by atoms with van der Waals surface area (Å²) in [6.45, 7) is 12.8. The van der Waals surface area contributed by atoms with Crippen LogP contribution in [0.3, 0.4) is 0 Å². The highest BCUT2D eigenvalue weighted by Gasteiger charge is 2.29. The fourth-order valence-electron chi connectivity index (χ4n) is 2.53. The molecule has 0 saturated carbocycles. The number of nitrogens with zero attached hydrogens (tertiary/aromatic N) is 2. The molecule has 8 N–H and O–H groups in total. The van der Waals surface area contributed by atoms with Gasteiger partial charge >= 0.3 is 11.9 Å². The second-order valence-electron chi connectivity index (χ2n) is 10.7. The van der Waals surface area contributed by atoms with Gasteiger partial charge in [0.25, 0.3) is 0 Å². The van der Waals surface area contributed by atoms with Gasteiger partial charge in [0.2, 0.25) is 0 Å². The van der Waals surface area contributed by atoms with Gasteiger partial charge in [0.05, 0.1) is 24.6 Å². The molecule has 2 rings (SSSR count). The lowest BCUT2D eigenvalue weighted by Crippen LogP contribution is -2.39. The van der Waals surface area contributed by atoms with E-state index in [0.29, 0.717) is 24.2 Å². The average molecular weight is 575 g/mol. The van der Waals surface area contributed by atoms with E-state index in [1.165, 1.54) is 24.5 Å². The summed E-state index contributed by atoms with van der Waals surface area (Å²) in [5.41, 5.74) is 0.849. The second-order valence-corrected chi connectivity index (χ2v) is 10.7. The van der Waals surface area contributed by atoms with Crippen molar-refractivity contribution in [3.8, 4) is 0 Å². The quantitative estimate of drug-likeness (QED) is 0.212. The minimum atomic E-state index is -2.27. The van der Waals surface area contributed by atoms with Gasteiger partial charge in [-0.2, -0.15) is 0 Å². The topological polar surface area (TPSA) is 205 Å². The summed E-state index contributed by atoms with van der Waals surface area (Å²) in [6.07, 6.45) is -0.813. The maximum atomic E-state index is 12.8. The summed E-state index contributed by atoms with van der Waals surface area (Å²) in [5, 5.41) is 58.3. The number of carbonyl (C=O) groups is 2. The first-order valence-electron chi connectivity index (χ1n) is 12.1. The zero-order chi connectivity index (χ0) is 31.3. The molecule has 0 aliphatic rings. The highest BCUT2D eigenvalue weighted by Crippen LogP contribution is 2.14. The number of β-amino-alcohol motifs (C(OH)–C–C–N with tert-alkyl or cyclic N) is 2. The molecule has 226 valence electrons. The fraction of sp³-hybridized carbons (Fsp3) is 0.538. The summed E-state index contributed by atoms with van der Waals surface area (Å²) >= 11 is 0. The number of aliphatic carboxylic acids is 2. The first-order valence-corrected chi connectivity index (χ1v) is 12.1. The molecule has 0 fully saturated rings. The number of aliphatic hydroxyl groups excluding tert-OH is 4. The Hall–Kier alpha value is -3.14. The molecule has 2 aromatic heterocycles. The van der Waals surface area contributed by atoms with Crippen molar-refractivity contribution in [2.24, 2.45) is 0 Å². The maximum Gasteiger partial charge on any atom is 0.335 e. The van der Waals surface area contributed by atoms with Gasteiger partial charge in [0.15, 0.2) is 12.2 Å². The highest BCUT2D eigenvalue weighted by atomic mass is 19.1. The molecule has 4 unspecified atom stereocenters. The van der Waals surface area contributed by atoms with Gasteiger partial charge in [0, 0.05) is 47.7 Å². The molecular formula is C26H40F2N4O8. The fourth-order valence-corrected chi connectivity index (χ4v) is 2.53. The van der Waals surface area contributed by atoms with Crippen LogP contribution in [-0.2, 0) is 9.59 Å². The van der Waals surface area contributed by atoms with E-state index in [2.05, 4.69) is 20.6 Å². The number of rotatable bonds is 9. The van der Waals surface area contributed by atoms with E-state index >= 15 is 0 Å². The Balaban J connectivity index is 0.000000585. The molecule has 0 spiro atoms. The lowest BCUT2D eigenvalue weighted by Gasteiger charge is -2.22. The molecular weight excluding hydrogens is 534 g/mol. The number of halogens is 2. The Morgan fingerprint density at radius 1 is 0.700 bits per heavy atom. The van der Waals surface area contributed by atoms with E-state index < -0.39 is 48.0 Å². The summed E-state index contributed by atoms with van der Waals surface area (Å²) < 4.78 is 25.6. The largest absolute Gasteiger partial charge is 0.479 e.